The fraction of sp³-hybridized carbons (Fsp3) is 0.414. The molecule has 0 aliphatic carbocycles. The maximum atomic E-state index is 13.2. The van der Waals surface area contributed by atoms with E-state index in [0.29, 0.717) is 12.8 Å². The molecule has 0 spiro atoms. The molecule has 2 amide bonds. The van der Waals surface area contributed by atoms with Gasteiger partial charge in [0.1, 0.15) is 24.4 Å². The Balaban J connectivity index is 0.000000238. The Labute approximate surface area is 450 Å². The third kappa shape index (κ3) is 19.3. The summed E-state index contributed by atoms with van der Waals surface area (Å²) in [6.07, 6.45) is -9.62. The van der Waals surface area contributed by atoms with Gasteiger partial charge in [0.25, 0.3) is 0 Å². The zero-order valence-corrected chi connectivity index (χ0v) is 43.9. The Morgan fingerprint density at radius 1 is 0.500 bits per heavy atom. The minimum Gasteiger partial charge on any atom is -0.478 e. The van der Waals surface area contributed by atoms with Crippen molar-refractivity contribution in [2.75, 3.05) is 6.54 Å². The normalized spacial score (nSPS) is 20.1. The molecule has 78 heavy (non-hydrogen) atoms. The van der Waals surface area contributed by atoms with Crippen LogP contribution in [0.3, 0.4) is 0 Å². The summed E-state index contributed by atoms with van der Waals surface area (Å²) in [4.78, 5) is 44.7. The predicted octanol–water partition coefficient (Wildman–Crippen LogP) is 9.25. The second-order valence-electron chi connectivity index (χ2n) is 19.8. The van der Waals surface area contributed by atoms with E-state index >= 15 is 0 Å². The second kappa shape index (κ2) is 28.3. The summed E-state index contributed by atoms with van der Waals surface area (Å²) in [6.45, 7) is 9.69. The van der Waals surface area contributed by atoms with Gasteiger partial charge in [0.05, 0.1) is 23.2 Å². The monoisotopic (exact) mass is 1090 g/mol. The van der Waals surface area contributed by atoms with E-state index in [1.54, 1.807) is 52.0 Å². The van der Waals surface area contributed by atoms with Crippen LogP contribution in [0.1, 0.15) is 90.4 Å². The third-order valence-electron chi connectivity index (χ3n) is 12.6. The molecule has 4 unspecified atom stereocenters. The van der Waals surface area contributed by atoms with E-state index in [4.69, 9.17) is 34.9 Å². The van der Waals surface area contributed by atoms with E-state index in [0.717, 1.165) is 41.6 Å². The summed E-state index contributed by atoms with van der Waals surface area (Å²) < 4.78 is 103. The lowest BCUT2D eigenvalue weighted by Gasteiger charge is -2.32. The number of carboxylic acid groups (broad SMARTS) is 2. The van der Waals surface area contributed by atoms with Crippen LogP contribution in [0.15, 0.2) is 146 Å². The highest BCUT2D eigenvalue weighted by molar-refractivity contribution is 6.01. The van der Waals surface area contributed by atoms with Crippen molar-refractivity contribution in [1.82, 2.24) is 16.0 Å². The molecule has 2 aliphatic rings. The Hall–Kier alpha value is -6.68. The summed E-state index contributed by atoms with van der Waals surface area (Å²) in [5, 5.41) is 25.0. The summed E-state index contributed by atoms with van der Waals surface area (Å²) in [5.41, 5.74) is 9.66. The quantitative estimate of drug-likeness (QED) is 0.0319. The van der Waals surface area contributed by atoms with Gasteiger partial charge in [-0.05, 0) is 101 Å². The number of amides is 2. The molecule has 14 nitrogen and oxygen atoms in total. The molecule has 0 bridgehead atoms. The van der Waals surface area contributed by atoms with Crippen LogP contribution >= 0.6 is 0 Å². The first kappa shape index (κ1) is 62.2. The van der Waals surface area contributed by atoms with Crippen LogP contribution in [0.5, 0.6) is 0 Å². The van der Waals surface area contributed by atoms with Crippen molar-refractivity contribution < 1.29 is 74.7 Å². The number of hydrogen-bond acceptors (Lipinski definition) is 10. The van der Waals surface area contributed by atoms with Crippen molar-refractivity contribution in [2.45, 2.75) is 146 Å². The summed E-state index contributed by atoms with van der Waals surface area (Å²) >= 11 is 0. The van der Waals surface area contributed by atoms with Gasteiger partial charge >= 0.3 is 36.1 Å². The van der Waals surface area contributed by atoms with Crippen LogP contribution in [0.2, 0.25) is 0 Å². The van der Waals surface area contributed by atoms with Gasteiger partial charge in [-0.15, -0.1) is 0 Å². The molecule has 0 aromatic heterocycles. The number of rotatable bonds is 20. The van der Waals surface area contributed by atoms with Crippen molar-refractivity contribution >= 4 is 23.8 Å². The zero-order chi connectivity index (χ0) is 57.3. The largest absolute Gasteiger partial charge is 0.478 e. The number of halogens is 6. The first-order chi connectivity index (χ1) is 36.8. The molecule has 5 aromatic rings. The lowest BCUT2D eigenvalue weighted by Crippen LogP contribution is -2.56. The van der Waals surface area contributed by atoms with Gasteiger partial charge in [0.2, 0.25) is 0 Å². The molecule has 7 rings (SSSR count). The van der Waals surface area contributed by atoms with Crippen molar-refractivity contribution in [3.05, 3.63) is 179 Å². The van der Waals surface area contributed by atoms with E-state index in [2.05, 4.69) is 22.9 Å². The highest BCUT2D eigenvalue weighted by Crippen LogP contribution is 2.36. The number of benzene rings is 5. The maximum absolute atomic E-state index is 13.2. The number of carbonyl (C=O) groups is 4. The molecule has 20 heteroatoms. The van der Waals surface area contributed by atoms with Gasteiger partial charge in [0.15, 0.2) is 11.6 Å². The average Bonchev–Trinajstić information content (AvgIpc) is 3.91. The molecular weight excluding hydrogens is 1030 g/mol. The number of carbonyl (C=O) groups excluding carboxylic acids is 2. The summed E-state index contributed by atoms with van der Waals surface area (Å²) in [6, 6.07) is 40.2. The summed E-state index contributed by atoms with van der Waals surface area (Å²) in [5.74, 6) is -8.53. The van der Waals surface area contributed by atoms with E-state index < -0.39 is 90.2 Å². The van der Waals surface area contributed by atoms with Gasteiger partial charge in [-0.25, -0.2) is 9.59 Å². The van der Waals surface area contributed by atoms with Crippen LogP contribution < -0.4 is 21.7 Å². The smallest absolute Gasteiger partial charge is 0.471 e. The molecule has 0 saturated carbocycles. The molecule has 5 aromatic carbocycles. The molecule has 8 atom stereocenters. The average molecular weight is 1100 g/mol. The minimum atomic E-state index is -5.01. The van der Waals surface area contributed by atoms with Crippen LogP contribution in [0.4, 0.5) is 26.3 Å². The van der Waals surface area contributed by atoms with E-state index in [-0.39, 0.29) is 30.0 Å². The highest BCUT2D eigenvalue weighted by Gasteiger charge is 2.52. The number of nitrogens with two attached hydrogens (primary N) is 1. The van der Waals surface area contributed by atoms with Crippen molar-refractivity contribution in [3.8, 4) is 0 Å². The van der Waals surface area contributed by atoms with Crippen LogP contribution in [-0.2, 0) is 54.2 Å². The third-order valence-corrected chi connectivity index (χ3v) is 12.6. The van der Waals surface area contributed by atoms with Crippen LogP contribution in [0, 0.1) is 0 Å². The van der Waals surface area contributed by atoms with Crippen LogP contribution in [0.25, 0.3) is 0 Å². The molecular formula is C58H68F6N4O10. The van der Waals surface area contributed by atoms with Crippen LogP contribution in [-0.4, -0.2) is 113 Å². The molecule has 2 fully saturated rings. The first-order valence-corrected chi connectivity index (χ1v) is 25.4. The first-order valence-electron chi connectivity index (χ1n) is 25.4. The molecule has 2 aliphatic heterocycles. The number of aromatic carboxylic acids is 2. The van der Waals surface area contributed by atoms with Gasteiger partial charge in [-0.3, -0.25) is 9.59 Å². The lowest BCUT2D eigenvalue weighted by atomic mass is 9.91. The second-order valence-corrected chi connectivity index (χ2v) is 19.8. The lowest BCUT2D eigenvalue weighted by molar-refractivity contribution is -0.176. The Kier molecular flexibility index (Phi) is 22.5. The highest BCUT2D eigenvalue weighted by atomic mass is 19.4. The molecule has 2 saturated heterocycles. The Morgan fingerprint density at radius 3 is 1.13 bits per heavy atom. The minimum absolute atomic E-state index is 0.140. The van der Waals surface area contributed by atoms with Gasteiger partial charge < -0.3 is 50.8 Å². The number of carboxylic acids is 2. The Morgan fingerprint density at radius 2 is 0.795 bits per heavy atom. The van der Waals surface area contributed by atoms with Crippen molar-refractivity contribution in [1.29, 1.82) is 0 Å². The number of unbranched alkanes of at least 4 members (excludes halogenated alkanes) is 1. The maximum Gasteiger partial charge on any atom is 0.471 e. The molecule has 422 valence electrons. The molecule has 7 N–H and O–H groups in total. The van der Waals surface area contributed by atoms with Gasteiger partial charge in [-0.2, -0.15) is 26.3 Å². The number of hydrogen-bond donors (Lipinski definition) is 6. The van der Waals surface area contributed by atoms with Crippen molar-refractivity contribution in [2.24, 2.45) is 5.73 Å². The number of nitrogens with one attached hydrogen (secondary N) is 3. The van der Waals surface area contributed by atoms with E-state index in [1.165, 1.54) is 24.3 Å². The molecule has 2 heterocycles. The topological polar surface area (TPSA) is 208 Å². The van der Waals surface area contributed by atoms with E-state index in [1.807, 2.05) is 97.1 Å². The predicted molar refractivity (Wildman–Crippen MR) is 279 cm³/mol. The SMILES string of the molecule is CC1(C)OC([C@H](N)Cc2ccccc2)C([C@@H](Cc2ccccc2)NC(=O)C(F)(F)F)O1.CCCCN[C@H](Cc1ccccc1)C1OC(C)(C)OC1[C@@H](Cc1ccccc1)NC(=O)C(F)(F)F.O=C(O)c1ccccc1C(=O)O. The molecule has 0 radical (unpaired) electrons. The van der Waals surface area contributed by atoms with Crippen molar-refractivity contribution in [3.63, 3.8) is 0 Å². The number of alkyl halides is 6. The van der Waals surface area contributed by atoms with E-state index in [9.17, 15) is 45.5 Å². The Bertz CT molecular complexity index is 2630. The standard InChI is InChI=1S/C27H35F3N2O3.C23H27F3N2O3.C8H6O4/c1-4-5-16-31-21(17-19-12-8-6-9-13-19)23-24(35-26(2,3)34-23)22(32-25(33)27(28,29)30)18-20-14-10-7-11-15-20;1-22(2)30-19(17(27)13-15-9-5-3-6-10-15)20(31-22)18(28-21(29)23(24,25)26)14-16-11-7-4-8-12-16;9-7(10)5-3-1-2-4-6(5)8(11)12/h6-15,21-24,31H,4-5,16-18H2,1-3H3,(H,32,33);3-12,17-20H,13-14,27H2,1-2H3,(H,28,29);1-4H,(H,9,10)(H,11,12)/t21-,22-,23?,24?;17-,18-,19?,20?;/m11./s1. The van der Waals surface area contributed by atoms with Gasteiger partial charge in [0, 0.05) is 12.1 Å². The summed E-state index contributed by atoms with van der Waals surface area (Å²) in [7, 11) is 0. The number of ether oxygens (including phenoxy) is 4. The fourth-order valence-electron chi connectivity index (χ4n) is 9.13. The zero-order valence-electron chi connectivity index (χ0n) is 43.9. The fourth-order valence-corrected chi connectivity index (χ4v) is 9.13. The van der Waals surface area contributed by atoms with Gasteiger partial charge in [-0.1, -0.05) is 147 Å².